The van der Waals surface area contributed by atoms with Crippen LogP contribution in [-0.4, -0.2) is 45.8 Å². The number of H-pyrrole nitrogens is 1. The summed E-state index contributed by atoms with van der Waals surface area (Å²) in [6, 6.07) is 17.4. The van der Waals surface area contributed by atoms with E-state index in [4.69, 9.17) is 21.1 Å². The standard InChI is InChI=1S/C27H27ClN4O4/c1-16(34)32-26(2,3)18-8-10-20(11-9-18)36-25-29-22-12-21(28)23(30-24(22)31-25)17-4-6-19(7-5-17)27(13-33)14-35-15-27/h4-12,33H,13-15H2,1-3H3,(H,32,34)(H,29,30,31). The fourth-order valence-electron chi connectivity index (χ4n) is 4.39. The van der Waals surface area contributed by atoms with Gasteiger partial charge in [-0.05, 0) is 43.2 Å². The van der Waals surface area contributed by atoms with E-state index < -0.39 is 5.54 Å². The number of ether oxygens (including phenoxy) is 2. The number of imidazole rings is 1. The van der Waals surface area contributed by atoms with E-state index >= 15 is 0 Å². The van der Waals surface area contributed by atoms with Gasteiger partial charge in [0.15, 0.2) is 5.65 Å². The van der Waals surface area contributed by atoms with Gasteiger partial charge in [-0.15, -0.1) is 0 Å². The summed E-state index contributed by atoms with van der Waals surface area (Å²) in [5.41, 5.74) is 3.76. The van der Waals surface area contributed by atoms with Gasteiger partial charge in [0.1, 0.15) is 5.75 Å². The quantitative estimate of drug-likeness (QED) is 0.335. The number of hydrogen-bond donors (Lipinski definition) is 3. The predicted octanol–water partition coefficient (Wildman–Crippen LogP) is 4.70. The Bertz CT molecular complexity index is 1400. The molecule has 1 aliphatic rings. The van der Waals surface area contributed by atoms with Crippen molar-refractivity contribution in [1.29, 1.82) is 0 Å². The lowest BCUT2D eigenvalue weighted by molar-refractivity contribution is -0.120. The Hall–Kier alpha value is -3.46. The van der Waals surface area contributed by atoms with Crippen LogP contribution < -0.4 is 10.1 Å². The molecule has 36 heavy (non-hydrogen) atoms. The van der Waals surface area contributed by atoms with Crippen molar-refractivity contribution in [2.24, 2.45) is 0 Å². The van der Waals surface area contributed by atoms with Crippen molar-refractivity contribution < 1.29 is 19.4 Å². The molecule has 0 saturated carbocycles. The lowest BCUT2D eigenvalue weighted by Crippen LogP contribution is -2.49. The Morgan fingerprint density at radius 2 is 1.86 bits per heavy atom. The predicted molar refractivity (Wildman–Crippen MR) is 137 cm³/mol. The summed E-state index contributed by atoms with van der Waals surface area (Å²) < 4.78 is 11.2. The number of hydrogen-bond acceptors (Lipinski definition) is 6. The van der Waals surface area contributed by atoms with Crippen LogP contribution in [0, 0.1) is 0 Å². The lowest BCUT2D eigenvalue weighted by Gasteiger charge is -2.40. The van der Waals surface area contributed by atoms with Crippen molar-refractivity contribution in [3.05, 3.63) is 70.7 Å². The Morgan fingerprint density at radius 3 is 2.44 bits per heavy atom. The molecule has 0 bridgehead atoms. The highest BCUT2D eigenvalue weighted by atomic mass is 35.5. The van der Waals surface area contributed by atoms with E-state index in [1.807, 2.05) is 62.4 Å². The first kappa shape index (κ1) is 24.2. The number of aromatic nitrogens is 3. The highest BCUT2D eigenvalue weighted by molar-refractivity contribution is 6.33. The van der Waals surface area contributed by atoms with Crippen molar-refractivity contribution in [2.45, 2.75) is 31.7 Å². The third-order valence-corrected chi connectivity index (χ3v) is 6.80. The number of fused-ring (bicyclic) bond motifs is 1. The van der Waals surface area contributed by atoms with Crippen molar-refractivity contribution in [3.63, 3.8) is 0 Å². The van der Waals surface area contributed by atoms with E-state index in [9.17, 15) is 9.90 Å². The average molecular weight is 507 g/mol. The number of aliphatic hydroxyl groups excluding tert-OH is 1. The zero-order valence-corrected chi connectivity index (χ0v) is 21.0. The van der Waals surface area contributed by atoms with E-state index in [1.54, 1.807) is 6.07 Å². The Balaban J connectivity index is 1.36. The Labute approximate surface area is 213 Å². The summed E-state index contributed by atoms with van der Waals surface area (Å²) in [4.78, 5) is 23.7. The minimum absolute atomic E-state index is 0.0448. The second-order valence-electron chi connectivity index (χ2n) is 9.67. The number of rotatable bonds is 7. The molecule has 1 saturated heterocycles. The second kappa shape index (κ2) is 9.20. The van der Waals surface area contributed by atoms with Crippen LogP contribution in [0.15, 0.2) is 54.6 Å². The smallest absolute Gasteiger partial charge is 0.301 e. The summed E-state index contributed by atoms with van der Waals surface area (Å²) in [5, 5.41) is 13.2. The molecule has 186 valence electrons. The summed E-state index contributed by atoms with van der Waals surface area (Å²) >= 11 is 6.56. The normalized spacial score (nSPS) is 14.9. The van der Waals surface area contributed by atoms with E-state index in [-0.39, 0.29) is 17.9 Å². The van der Waals surface area contributed by atoms with Gasteiger partial charge in [-0.2, -0.15) is 4.98 Å². The molecule has 0 unspecified atom stereocenters. The van der Waals surface area contributed by atoms with Gasteiger partial charge in [0, 0.05) is 12.5 Å². The second-order valence-corrected chi connectivity index (χ2v) is 10.1. The van der Waals surface area contributed by atoms with Crippen molar-refractivity contribution in [3.8, 4) is 23.0 Å². The zero-order chi connectivity index (χ0) is 25.5. The highest BCUT2D eigenvalue weighted by Crippen LogP contribution is 2.35. The first-order valence-electron chi connectivity index (χ1n) is 11.6. The third-order valence-electron chi connectivity index (χ3n) is 6.51. The highest BCUT2D eigenvalue weighted by Gasteiger charge is 2.39. The lowest BCUT2D eigenvalue weighted by atomic mass is 9.79. The van der Waals surface area contributed by atoms with Crippen LogP contribution in [0.3, 0.4) is 0 Å². The van der Waals surface area contributed by atoms with Crippen LogP contribution in [0.5, 0.6) is 11.8 Å². The fourth-order valence-corrected chi connectivity index (χ4v) is 4.65. The van der Waals surface area contributed by atoms with Crippen molar-refractivity contribution in [2.75, 3.05) is 19.8 Å². The molecule has 3 heterocycles. The van der Waals surface area contributed by atoms with Gasteiger partial charge in [0.2, 0.25) is 5.91 Å². The van der Waals surface area contributed by atoms with E-state index in [0.717, 1.165) is 16.7 Å². The molecular formula is C27H27ClN4O4. The number of carbonyl (C=O) groups is 1. The van der Waals surface area contributed by atoms with Gasteiger partial charge in [0.25, 0.3) is 0 Å². The first-order chi connectivity index (χ1) is 17.2. The minimum Gasteiger partial charge on any atom is -0.426 e. The number of benzene rings is 2. The first-order valence-corrected chi connectivity index (χ1v) is 12.0. The Morgan fingerprint density at radius 1 is 1.17 bits per heavy atom. The van der Waals surface area contributed by atoms with Crippen molar-refractivity contribution >= 4 is 28.7 Å². The number of pyridine rings is 1. The molecule has 1 aliphatic heterocycles. The van der Waals surface area contributed by atoms with Crippen LogP contribution in [0.2, 0.25) is 5.02 Å². The maximum absolute atomic E-state index is 11.5. The number of aliphatic hydroxyl groups is 1. The molecule has 1 amide bonds. The van der Waals surface area contributed by atoms with Crippen molar-refractivity contribution in [1.82, 2.24) is 20.3 Å². The number of amides is 1. The molecule has 4 aromatic rings. The molecule has 0 atom stereocenters. The maximum atomic E-state index is 11.5. The number of aromatic amines is 1. The number of halogens is 1. The Kier molecular flexibility index (Phi) is 6.20. The van der Waals surface area contributed by atoms with Crippen LogP contribution >= 0.6 is 11.6 Å². The molecule has 9 heteroatoms. The summed E-state index contributed by atoms with van der Waals surface area (Å²) in [7, 11) is 0. The monoisotopic (exact) mass is 506 g/mol. The molecule has 1 fully saturated rings. The third kappa shape index (κ3) is 4.55. The van der Waals surface area contributed by atoms with Gasteiger partial charge in [-0.25, -0.2) is 4.98 Å². The summed E-state index contributed by atoms with van der Waals surface area (Å²) in [6.45, 7) is 6.45. The molecule has 0 aliphatic carbocycles. The SMILES string of the molecule is CC(=O)NC(C)(C)c1ccc(Oc2nc3nc(-c4ccc(C5(CO)COC5)cc4)c(Cl)cc3[nH]2)cc1. The van der Waals surface area contributed by atoms with Crippen LogP contribution in [0.25, 0.3) is 22.4 Å². The van der Waals surface area contributed by atoms with Crippen LogP contribution in [-0.2, 0) is 20.5 Å². The summed E-state index contributed by atoms with van der Waals surface area (Å²) in [5.74, 6) is 0.502. The number of nitrogens with zero attached hydrogens (tertiary/aromatic N) is 2. The summed E-state index contributed by atoms with van der Waals surface area (Å²) in [6.07, 6.45) is 0. The minimum atomic E-state index is -0.497. The number of nitrogens with one attached hydrogen (secondary N) is 2. The van der Waals surface area contributed by atoms with Gasteiger partial charge < -0.3 is 24.9 Å². The van der Waals surface area contributed by atoms with Crippen LogP contribution in [0.4, 0.5) is 0 Å². The van der Waals surface area contributed by atoms with Gasteiger partial charge in [-0.1, -0.05) is 48.0 Å². The molecule has 5 rings (SSSR count). The molecule has 0 radical (unpaired) electrons. The van der Waals surface area contributed by atoms with Gasteiger partial charge in [0.05, 0.1) is 47.0 Å². The topological polar surface area (TPSA) is 109 Å². The van der Waals surface area contributed by atoms with Gasteiger partial charge >= 0.3 is 6.01 Å². The van der Waals surface area contributed by atoms with E-state index in [1.165, 1.54) is 6.92 Å². The number of carbonyl (C=O) groups excluding carboxylic acids is 1. The van der Waals surface area contributed by atoms with Crippen LogP contribution in [0.1, 0.15) is 31.9 Å². The van der Waals surface area contributed by atoms with E-state index in [2.05, 4.69) is 20.3 Å². The van der Waals surface area contributed by atoms with Gasteiger partial charge in [-0.3, -0.25) is 4.79 Å². The zero-order valence-electron chi connectivity index (χ0n) is 20.3. The molecular weight excluding hydrogens is 480 g/mol. The molecule has 2 aromatic carbocycles. The molecule has 3 N–H and O–H groups in total. The molecule has 0 spiro atoms. The maximum Gasteiger partial charge on any atom is 0.301 e. The molecule has 8 nitrogen and oxygen atoms in total. The molecule has 2 aromatic heterocycles. The largest absolute Gasteiger partial charge is 0.426 e. The average Bonchev–Trinajstić information content (AvgIpc) is 3.19. The fraction of sp³-hybridized carbons (Fsp3) is 0.296. The van der Waals surface area contributed by atoms with E-state index in [0.29, 0.717) is 46.9 Å².